The van der Waals surface area contributed by atoms with E-state index < -0.39 is 0 Å². The van der Waals surface area contributed by atoms with Crippen molar-refractivity contribution < 1.29 is 23.8 Å². The topological polar surface area (TPSA) is 68.4 Å². The van der Waals surface area contributed by atoms with Gasteiger partial charge in [-0.3, -0.25) is 9.59 Å². The Bertz CT molecular complexity index is 513. The summed E-state index contributed by atoms with van der Waals surface area (Å²) in [6.07, 6.45) is 17.1. The Morgan fingerprint density at radius 3 is 1.67 bits per heavy atom. The van der Waals surface area contributed by atoms with Crippen LogP contribution in [0.25, 0.3) is 0 Å². The highest BCUT2D eigenvalue weighted by molar-refractivity contribution is 5.85. The van der Waals surface area contributed by atoms with Gasteiger partial charge in [0.15, 0.2) is 0 Å². The summed E-state index contributed by atoms with van der Waals surface area (Å²) in [6.45, 7) is 0. The molecule has 2 saturated heterocycles. The Labute approximate surface area is 162 Å². The maximum Gasteiger partial charge on any atom is 0.313 e. The molecule has 27 heavy (non-hydrogen) atoms. The van der Waals surface area contributed by atoms with Gasteiger partial charge in [-0.05, 0) is 64.2 Å². The fourth-order valence-corrected chi connectivity index (χ4v) is 5.40. The van der Waals surface area contributed by atoms with Gasteiger partial charge in [-0.1, -0.05) is 25.7 Å². The Balaban J connectivity index is 1.02. The SMILES string of the molecule is O=C(CCCCC12CCCCC1O2)OC(=O)CCCCC12CCCCC1O2. The first-order valence-electron chi connectivity index (χ1n) is 11.2. The van der Waals surface area contributed by atoms with Crippen molar-refractivity contribution in [3.8, 4) is 0 Å². The molecule has 2 aliphatic heterocycles. The van der Waals surface area contributed by atoms with E-state index in [1.165, 1.54) is 51.4 Å². The first kappa shape index (κ1) is 19.4. The van der Waals surface area contributed by atoms with Crippen molar-refractivity contribution in [3.63, 3.8) is 0 Å². The molecule has 2 heterocycles. The van der Waals surface area contributed by atoms with Crippen molar-refractivity contribution in [2.75, 3.05) is 0 Å². The predicted molar refractivity (Wildman–Crippen MR) is 100 cm³/mol. The number of fused-ring (bicyclic) bond motifs is 2. The number of unbranched alkanes of at least 4 members (excludes halogenated alkanes) is 2. The smallest absolute Gasteiger partial charge is 0.313 e. The second-order valence-electron chi connectivity index (χ2n) is 9.09. The third kappa shape index (κ3) is 4.73. The molecule has 4 rings (SSSR count). The Hall–Kier alpha value is -0.940. The molecular formula is C22H34O5. The zero-order valence-corrected chi connectivity index (χ0v) is 16.5. The molecule has 2 saturated carbocycles. The molecule has 0 N–H and O–H groups in total. The van der Waals surface area contributed by atoms with Crippen LogP contribution >= 0.6 is 0 Å². The molecule has 0 aromatic rings. The van der Waals surface area contributed by atoms with E-state index in [4.69, 9.17) is 14.2 Å². The van der Waals surface area contributed by atoms with Gasteiger partial charge in [-0.2, -0.15) is 0 Å². The van der Waals surface area contributed by atoms with Crippen LogP contribution < -0.4 is 0 Å². The maximum atomic E-state index is 11.8. The quantitative estimate of drug-likeness (QED) is 0.240. The molecule has 0 amide bonds. The zero-order chi connectivity index (χ0) is 18.7. The largest absolute Gasteiger partial charge is 0.393 e. The summed E-state index contributed by atoms with van der Waals surface area (Å²) in [5, 5.41) is 0. The van der Waals surface area contributed by atoms with E-state index in [0.29, 0.717) is 25.0 Å². The van der Waals surface area contributed by atoms with Gasteiger partial charge in [0.1, 0.15) is 0 Å². The number of ether oxygens (including phenoxy) is 3. The molecule has 0 bridgehead atoms. The van der Waals surface area contributed by atoms with Crippen molar-refractivity contribution in [3.05, 3.63) is 0 Å². The molecule has 0 radical (unpaired) electrons. The Morgan fingerprint density at radius 2 is 1.22 bits per heavy atom. The second kappa shape index (κ2) is 8.20. The van der Waals surface area contributed by atoms with Gasteiger partial charge in [0.25, 0.3) is 0 Å². The van der Waals surface area contributed by atoms with Crippen molar-refractivity contribution in [2.24, 2.45) is 0 Å². The highest BCUT2D eigenvalue weighted by Crippen LogP contribution is 2.51. The second-order valence-corrected chi connectivity index (χ2v) is 9.09. The third-order valence-corrected chi connectivity index (χ3v) is 7.13. The average molecular weight is 379 g/mol. The molecule has 0 aromatic heterocycles. The minimum atomic E-state index is -0.370. The minimum Gasteiger partial charge on any atom is -0.393 e. The van der Waals surface area contributed by atoms with Crippen molar-refractivity contribution in [2.45, 2.75) is 126 Å². The summed E-state index contributed by atoms with van der Waals surface area (Å²) >= 11 is 0. The van der Waals surface area contributed by atoms with Crippen LogP contribution in [0.2, 0.25) is 0 Å². The molecule has 4 atom stereocenters. The van der Waals surface area contributed by atoms with Crippen molar-refractivity contribution >= 4 is 11.9 Å². The molecule has 5 nitrogen and oxygen atoms in total. The van der Waals surface area contributed by atoms with Gasteiger partial charge >= 0.3 is 11.9 Å². The fourth-order valence-electron chi connectivity index (χ4n) is 5.40. The average Bonchev–Trinajstić information content (AvgIpc) is 3.55. The first-order valence-corrected chi connectivity index (χ1v) is 11.2. The van der Waals surface area contributed by atoms with Crippen LogP contribution in [0, 0.1) is 0 Å². The molecule has 0 spiro atoms. The summed E-state index contributed by atoms with van der Waals surface area (Å²) in [6, 6.07) is 0. The van der Waals surface area contributed by atoms with Gasteiger partial charge in [0, 0.05) is 12.8 Å². The summed E-state index contributed by atoms with van der Waals surface area (Å²) < 4.78 is 16.7. The van der Waals surface area contributed by atoms with Crippen molar-refractivity contribution in [1.82, 2.24) is 0 Å². The number of carbonyl (C=O) groups excluding carboxylic acids is 2. The lowest BCUT2D eigenvalue weighted by atomic mass is 9.85. The molecule has 152 valence electrons. The van der Waals surface area contributed by atoms with Crippen LogP contribution in [0.4, 0.5) is 0 Å². The Morgan fingerprint density at radius 1 is 0.741 bits per heavy atom. The predicted octanol–water partition coefficient (Wildman–Crippen LogP) is 4.60. The highest BCUT2D eigenvalue weighted by Gasteiger charge is 2.56. The number of carbonyl (C=O) groups is 2. The summed E-state index contributed by atoms with van der Waals surface area (Å²) in [4.78, 5) is 23.7. The van der Waals surface area contributed by atoms with Crippen LogP contribution in [0.1, 0.15) is 103 Å². The lowest BCUT2D eigenvalue weighted by Gasteiger charge is -2.16. The lowest BCUT2D eigenvalue weighted by Crippen LogP contribution is -2.19. The highest BCUT2D eigenvalue weighted by atomic mass is 16.6. The lowest BCUT2D eigenvalue weighted by molar-refractivity contribution is -0.159. The van der Waals surface area contributed by atoms with Crippen LogP contribution in [-0.4, -0.2) is 35.3 Å². The van der Waals surface area contributed by atoms with E-state index in [1.807, 2.05) is 0 Å². The Kier molecular flexibility index (Phi) is 5.89. The molecule has 2 aliphatic carbocycles. The van der Waals surface area contributed by atoms with E-state index in [-0.39, 0.29) is 23.1 Å². The monoisotopic (exact) mass is 378 g/mol. The summed E-state index contributed by atoms with van der Waals surface area (Å²) in [5.74, 6) is -0.739. The van der Waals surface area contributed by atoms with E-state index >= 15 is 0 Å². The van der Waals surface area contributed by atoms with Crippen LogP contribution in [0.3, 0.4) is 0 Å². The molecular weight excluding hydrogens is 344 g/mol. The number of epoxide rings is 2. The van der Waals surface area contributed by atoms with E-state index in [9.17, 15) is 9.59 Å². The van der Waals surface area contributed by atoms with E-state index in [1.54, 1.807) is 0 Å². The normalized spacial score (nSPS) is 36.4. The fraction of sp³-hybridized carbons (Fsp3) is 0.909. The van der Waals surface area contributed by atoms with Gasteiger partial charge in [0.05, 0.1) is 23.4 Å². The zero-order valence-electron chi connectivity index (χ0n) is 16.5. The molecule has 5 heteroatoms. The van der Waals surface area contributed by atoms with Crippen molar-refractivity contribution in [1.29, 1.82) is 0 Å². The van der Waals surface area contributed by atoms with E-state index in [2.05, 4.69) is 0 Å². The molecule has 4 aliphatic rings. The van der Waals surface area contributed by atoms with Gasteiger partial charge < -0.3 is 14.2 Å². The number of hydrogen-bond donors (Lipinski definition) is 0. The minimum absolute atomic E-state index is 0.139. The van der Waals surface area contributed by atoms with Gasteiger partial charge in [-0.25, -0.2) is 0 Å². The van der Waals surface area contributed by atoms with Crippen LogP contribution in [0.5, 0.6) is 0 Å². The van der Waals surface area contributed by atoms with Crippen LogP contribution in [0.15, 0.2) is 0 Å². The molecule has 4 unspecified atom stereocenters. The number of rotatable bonds is 10. The van der Waals surface area contributed by atoms with Gasteiger partial charge in [0.2, 0.25) is 0 Å². The molecule has 0 aromatic carbocycles. The standard InChI is InChI=1S/C22H34O5/c23-19(11-3-7-15-21-13-5-1-9-17(21)26-21)25-20(24)12-4-8-16-22-14-6-2-10-18(22)27-22/h17-18H,1-16H2. The van der Waals surface area contributed by atoms with Gasteiger partial charge in [-0.15, -0.1) is 0 Å². The number of esters is 2. The third-order valence-electron chi connectivity index (χ3n) is 7.13. The first-order chi connectivity index (χ1) is 13.1. The maximum absolute atomic E-state index is 11.8. The molecule has 4 fully saturated rings. The summed E-state index contributed by atoms with van der Waals surface area (Å²) in [7, 11) is 0. The summed E-state index contributed by atoms with van der Waals surface area (Å²) in [5.41, 5.74) is 0.278. The van der Waals surface area contributed by atoms with E-state index in [0.717, 1.165) is 38.5 Å². The number of hydrogen-bond acceptors (Lipinski definition) is 5. The van der Waals surface area contributed by atoms with Crippen LogP contribution in [-0.2, 0) is 23.8 Å².